The van der Waals surface area contributed by atoms with Crippen LogP contribution in [0, 0.1) is 0 Å². The van der Waals surface area contributed by atoms with E-state index in [-0.39, 0.29) is 11.8 Å². The van der Waals surface area contributed by atoms with Crippen molar-refractivity contribution in [3.8, 4) is 11.5 Å². The highest BCUT2D eigenvalue weighted by atomic mass is 79.9. The van der Waals surface area contributed by atoms with Crippen molar-refractivity contribution in [3.63, 3.8) is 0 Å². The van der Waals surface area contributed by atoms with Crippen molar-refractivity contribution >= 4 is 27.3 Å². The Labute approximate surface area is 131 Å². The molecule has 1 unspecified atom stereocenters. The summed E-state index contributed by atoms with van der Waals surface area (Å²) in [5, 5.41) is 13.1. The Morgan fingerprint density at radius 3 is 2.80 bits per heavy atom. The molecule has 2 rings (SSSR count). The van der Waals surface area contributed by atoms with Gasteiger partial charge in [0.25, 0.3) is 0 Å². The molecule has 0 aliphatic carbocycles. The Kier molecular flexibility index (Phi) is 5.46. The minimum Gasteiger partial charge on any atom is -0.504 e. The Morgan fingerprint density at radius 1 is 1.35 bits per heavy atom. The van der Waals surface area contributed by atoms with E-state index < -0.39 is 0 Å². The largest absolute Gasteiger partial charge is 0.504 e. The Hall–Kier alpha value is -1.04. The molecular weight excluding hydrogens is 338 g/mol. The third-order valence-electron chi connectivity index (χ3n) is 3.15. The predicted octanol–water partition coefficient (Wildman–Crippen LogP) is 4.12. The summed E-state index contributed by atoms with van der Waals surface area (Å²) in [5.41, 5.74) is 1.10. The van der Waals surface area contributed by atoms with E-state index in [0.29, 0.717) is 5.75 Å². The van der Waals surface area contributed by atoms with Crippen molar-refractivity contribution < 1.29 is 9.84 Å². The van der Waals surface area contributed by atoms with Crippen LogP contribution < -0.4 is 10.1 Å². The van der Waals surface area contributed by atoms with Crippen LogP contribution in [0.3, 0.4) is 0 Å². The second-order valence-electron chi connectivity index (χ2n) is 4.56. The van der Waals surface area contributed by atoms with Gasteiger partial charge in [0, 0.05) is 17.5 Å². The smallest absolute Gasteiger partial charge is 0.160 e. The Balaban J connectivity index is 1.89. The lowest BCUT2D eigenvalue weighted by atomic mass is 10.1. The number of aromatic hydroxyl groups is 1. The van der Waals surface area contributed by atoms with E-state index in [1.54, 1.807) is 24.5 Å². The first-order chi connectivity index (χ1) is 9.60. The van der Waals surface area contributed by atoms with Crippen LogP contribution in [0.1, 0.15) is 23.4 Å². The van der Waals surface area contributed by atoms with Crippen molar-refractivity contribution in [2.45, 2.75) is 19.4 Å². The molecule has 1 atom stereocenters. The number of hydrogen-bond acceptors (Lipinski definition) is 4. The number of rotatable bonds is 6. The summed E-state index contributed by atoms with van der Waals surface area (Å²) in [6.45, 7) is 3.02. The van der Waals surface area contributed by atoms with E-state index in [1.165, 1.54) is 8.66 Å². The summed E-state index contributed by atoms with van der Waals surface area (Å²) in [6, 6.07) is 9.89. The van der Waals surface area contributed by atoms with Gasteiger partial charge in [-0.15, -0.1) is 11.3 Å². The maximum Gasteiger partial charge on any atom is 0.160 e. The molecule has 5 heteroatoms. The average molecular weight is 356 g/mol. The zero-order valence-electron chi connectivity index (χ0n) is 11.5. The van der Waals surface area contributed by atoms with Crippen LogP contribution in [0.25, 0.3) is 0 Å². The van der Waals surface area contributed by atoms with Crippen molar-refractivity contribution in [2.24, 2.45) is 0 Å². The van der Waals surface area contributed by atoms with Gasteiger partial charge in [0.05, 0.1) is 10.9 Å². The molecule has 20 heavy (non-hydrogen) atoms. The highest BCUT2D eigenvalue weighted by molar-refractivity contribution is 9.11. The van der Waals surface area contributed by atoms with Gasteiger partial charge in [-0.3, -0.25) is 0 Å². The van der Waals surface area contributed by atoms with Gasteiger partial charge in [0.2, 0.25) is 0 Å². The summed E-state index contributed by atoms with van der Waals surface area (Å²) >= 11 is 5.24. The standard InChI is InChI=1S/C15H18BrNO2S/c1-10(11-3-5-13(18)14(9-11)19-2)17-8-7-12-4-6-15(16)20-12/h3-6,9-10,17-18H,7-8H2,1-2H3. The van der Waals surface area contributed by atoms with Crippen molar-refractivity contribution in [1.29, 1.82) is 0 Å². The summed E-state index contributed by atoms with van der Waals surface area (Å²) in [4.78, 5) is 1.36. The summed E-state index contributed by atoms with van der Waals surface area (Å²) in [6.07, 6.45) is 1.01. The monoisotopic (exact) mass is 355 g/mol. The number of halogens is 1. The Morgan fingerprint density at radius 2 is 2.15 bits per heavy atom. The lowest BCUT2D eigenvalue weighted by Gasteiger charge is -2.15. The first kappa shape index (κ1) is 15.4. The molecular formula is C15H18BrNO2S. The van der Waals surface area contributed by atoms with Gasteiger partial charge in [-0.1, -0.05) is 6.07 Å². The quantitative estimate of drug-likeness (QED) is 0.818. The normalized spacial score (nSPS) is 12.3. The zero-order valence-corrected chi connectivity index (χ0v) is 13.9. The molecule has 0 saturated heterocycles. The van der Waals surface area contributed by atoms with E-state index in [0.717, 1.165) is 18.5 Å². The third kappa shape index (κ3) is 3.98. The van der Waals surface area contributed by atoms with Gasteiger partial charge < -0.3 is 15.2 Å². The molecule has 3 nitrogen and oxygen atoms in total. The fourth-order valence-electron chi connectivity index (χ4n) is 1.98. The second kappa shape index (κ2) is 7.11. The lowest BCUT2D eigenvalue weighted by Crippen LogP contribution is -2.21. The number of phenols is 1. The number of thiophene rings is 1. The number of phenolic OH excluding ortho intramolecular Hbond substituents is 1. The molecule has 0 amide bonds. The van der Waals surface area contributed by atoms with Crippen LogP contribution >= 0.6 is 27.3 Å². The second-order valence-corrected chi connectivity index (χ2v) is 7.11. The molecule has 1 aromatic carbocycles. The van der Waals surface area contributed by atoms with Crippen LogP contribution in [0.2, 0.25) is 0 Å². The van der Waals surface area contributed by atoms with Crippen molar-refractivity contribution in [3.05, 3.63) is 44.6 Å². The maximum absolute atomic E-state index is 9.60. The van der Waals surface area contributed by atoms with Crippen LogP contribution in [0.15, 0.2) is 34.1 Å². The average Bonchev–Trinajstić information content (AvgIpc) is 2.85. The van der Waals surface area contributed by atoms with Crippen LogP contribution in [-0.2, 0) is 6.42 Å². The minimum atomic E-state index is 0.173. The summed E-state index contributed by atoms with van der Waals surface area (Å²) < 4.78 is 6.30. The highest BCUT2D eigenvalue weighted by Crippen LogP contribution is 2.29. The van der Waals surface area contributed by atoms with Gasteiger partial charge in [-0.25, -0.2) is 0 Å². The highest BCUT2D eigenvalue weighted by Gasteiger charge is 2.09. The molecule has 0 aliphatic heterocycles. The van der Waals surface area contributed by atoms with Gasteiger partial charge in [0.15, 0.2) is 11.5 Å². The molecule has 0 bridgehead atoms. The fraction of sp³-hybridized carbons (Fsp3) is 0.333. The number of nitrogens with one attached hydrogen (secondary N) is 1. The van der Waals surface area contributed by atoms with E-state index in [2.05, 4.69) is 40.3 Å². The van der Waals surface area contributed by atoms with Crippen molar-refractivity contribution in [1.82, 2.24) is 5.32 Å². The molecule has 2 N–H and O–H groups in total. The molecule has 0 spiro atoms. The van der Waals surface area contributed by atoms with E-state index in [9.17, 15) is 5.11 Å². The molecule has 0 radical (unpaired) electrons. The van der Waals surface area contributed by atoms with Crippen LogP contribution in [0.4, 0.5) is 0 Å². The first-order valence-electron chi connectivity index (χ1n) is 6.44. The van der Waals surface area contributed by atoms with Gasteiger partial charge >= 0.3 is 0 Å². The molecule has 0 fully saturated rings. The predicted molar refractivity (Wildman–Crippen MR) is 86.8 cm³/mol. The molecule has 1 aromatic heterocycles. The van der Waals surface area contributed by atoms with Gasteiger partial charge in [-0.2, -0.15) is 0 Å². The van der Waals surface area contributed by atoms with Gasteiger partial charge in [-0.05, 0) is 59.1 Å². The maximum atomic E-state index is 9.60. The number of methoxy groups -OCH3 is 1. The molecule has 108 valence electrons. The summed E-state index contributed by atoms with van der Waals surface area (Å²) in [7, 11) is 1.56. The fourth-order valence-corrected chi connectivity index (χ4v) is 3.46. The topological polar surface area (TPSA) is 41.5 Å². The van der Waals surface area contributed by atoms with E-state index in [1.807, 2.05) is 12.1 Å². The molecule has 0 aliphatic rings. The SMILES string of the molecule is COc1cc(C(C)NCCc2ccc(Br)s2)ccc1O. The zero-order chi connectivity index (χ0) is 14.5. The number of ether oxygens (including phenoxy) is 1. The lowest BCUT2D eigenvalue weighted by molar-refractivity contribution is 0.372. The van der Waals surface area contributed by atoms with Crippen LogP contribution in [0.5, 0.6) is 11.5 Å². The molecule has 0 saturated carbocycles. The Bertz CT molecular complexity index is 571. The summed E-state index contributed by atoms with van der Waals surface area (Å²) in [5.74, 6) is 0.685. The number of hydrogen-bond donors (Lipinski definition) is 2. The van der Waals surface area contributed by atoms with E-state index >= 15 is 0 Å². The van der Waals surface area contributed by atoms with E-state index in [4.69, 9.17) is 4.74 Å². The third-order valence-corrected chi connectivity index (χ3v) is 4.84. The number of benzene rings is 1. The molecule has 1 heterocycles. The van der Waals surface area contributed by atoms with Gasteiger partial charge in [0.1, 0.15) is 0 Å². The van der Waals surface area contributed by atoms with Crippen molar-refractivity contribution in [2.75, 3.05) is 13.7 Å². The van der Waals surface area contributed by atoms with Crippen LogP contribution in [-0.4, -0.2) is 18.8 Å². The molecule has 2 aromatic rings. The first-order valence-corrected chi connectivity index (χ1v) is 8.05. The minimum absolute atomic E-state index is 0.173.